The van der Waals surface area contributed by atoms with Crippen molar-refractivity contribution in [2.24, 2.45) is 0 Å². The van der Waals surface area contributed by atoms with E-state index in [4.69, 9.17) is 4.43 Å². The highest BCUT2D eigenvalue weighted by Crippen LogP contribution is 2.48. The van der Waals surface area contributed by atoms with Crippen molar-refractivity contribution in [1.29, 1.82) is 0 Å². The first-order chi connectivity index (χ1) is 16.3. The highest BCUT2D eigenvalue weighted by Gasteiger charge is 2.69. The van der Waals surface area contributed by atoms with Gasteiger partial charge in [0.2, 0.25) is 7.83 Å². The minimum absolute atomic E-state index is 0.335. The van der Waals surface area contributed by atoms with Gasteiger partial charge in [-0.25, -0.2) is 0 Å². The third-order valence-corrected chi connectivity index (χ3v) is 44.2. The van der Waals surface area contributed by atoms with Crippen LogP contribution in [-0.4, -0.2) is 22.5 Å². The molecule has 4 aromatic carbocycles. The molecular weight excluding hydrogens is 461 g/mol. The van der Waals surface area contributed by atoms with Crippen molar-refractivity contribution >= 4 is 38.1 Å². The standard InChI is InChI=1S/C30H34OSi3/c1-30(26-17-9-5-10-18-26)25-33(4,27-19-11-6-12-20-27)32(2,3)34(31-30,28-21-13-7-14-22-28)29-23-15-8-16-24-29/h5-24H,25H2,1-4H3. The van der Waals surface area contributed by atoms with Crippen molar-refractivity contribution in [1.82, 2.24) is 0 Å². The molecule has 4 heteroatoms. The van der Waals surface area contributed by atoms with Crippen LogP contribution in [0.3, 0.4) is 0 Å². The van der Waals surface area contributed by atoms with E-state index in [0.717, 1.165) is 6.04 Å². The smallest absolute Gasteiger partial charge is 0.239 e. The number of hydrogen-bond acceptors (Lipinski definition) is 1. The second-order valence-electron chi connectivity index (χ2n) is 10.6. The molecule has 0 bridgehead atoms. The molecular formula is C30H34OSi3. The van der Waals surface area contributed by atoms with Crippen LogP contribution in [0.1, 0.15) is 12.5 Å². The molecule has 34 heavy (non-hydrogen) atoms. The van der Waals surface area contributed by atoms with Crippen LogP contribution >= 0.6 is 0 Å². The van der Waals surface area contributed by atoms with Crippen LogP contribution in [0.4, 0.5) is 0 Å². The van der Waals surface area contributed by atoms with Crippen molar-refractivity contribution in [2.45, 2.75) is 38.2 Å². The van der Waals surface area contributed by atoms with E-state index in [9.17, 15) is 0 Å². The molecule has 1 fully saturated rings. The Labute approximate surface area is 207 Å². The molecule has 0 spiro atoms. The number of benzene rings is 4. The summed E-state index contributed by atoms with van der Waals surface area (Å²) in [7, 11) is -6.59. The quantitative estimate of drug-likeness (QED) is 0.338. The lowest BCUT2D eigenvalue weighted by Gasteiger charge is -2.62. The molecule has 4 aromatic rings. The lowest BCUT2D eigenvalue weighted by molar-refractivity contribution is 0.105. The summed E-state index contributed by atoms with van der Waals surface area (Å²) in [4.78, 5) is 0. The van der Waals surface area contributed by atoms with Gasteiger partial charge in [0.1, 0.15) is 0 Å². The normalized spacial score (nSPS) is 25.5. The Morgan fingerprint density at radius 2 is 0.941 bits per heavy atom. The highest BCUT2D eigenvalue weighted by molar-refractivity contribution is 7.75. The van der Waals surface area contributed by atoms with Crippen LogP contribution in [-0.2, 0) is 10.0 Å². The fourth-order valence-corrected chi connectivity index (χ4v) is 41.9. The zero-order valence-corrected chi connectivity index (χ0v) is 23.7. The van der Waals surface area contributed by atoms with E-state index < -0.39 is 22.5 Å². The Morgan fingerprint density at radius 1 is 0.559 bits per heavy atom. The third-order valence-electron chi connectivity index (χ3n) is 8.48. The maximum Gasteiger partial charge on any atom is 0.239 e. The van der Waals surface area contributed by atoms with Crippen LogP contribution in [0.15, 0.2) is 121 Å². The summed E-state index contributed by atoms with van der Waals surface area (Å²) >= 11 is 0. The molecule has 1 saturated heterocycles. The molecule has 0 saturated carbocycles. The second kappa shape index (κ2) is 8.61. The fourth-order valence-electron chi connectivity index (χ4n) is 6.36. The van der Waals surface area contributed by atoms with Gasteiger partial charge in [0, 0.05) is 0 Å². The van der Waals surface area contributed by atoms with Gasteiger partial charge in [0.25, 0.3) is 0 Å². The first-order valence-corrected chi connectivity index (χ1v) is 21.9. The van der Waals surface area contributed by atoms with Crippen molar-refractivity contribution in [2.75, 3.05) is 0 Å². The SMILES string of the molecule is CC1(c2ccccc2)C[Si](C)(c2ccccc2)[Si](C)(C)[Si](c2ccccc2)(c2ccccc2)O1. The molecule has 0 amide bonds. The first kappa shape index (κ1) is 23.2. The summed E-state index contributed by atoms with van der Waals surface area (Å²) in [5, 5.41) is 4.43. The Balaban J connectivity index is 1.87. The third kappa shape index (κ3) is 3.43. The zero-order chi connectivity index (χ0) is 23.9. The maximum atomic E-state index is 7.79. The van der Waals surface area contributed by atoms with E-state index in [1.807, 2.05) is 0 Å². The first-order valence-electron chi connectivity index (χ1n) is 12.3. The zero-order valence-electron chi connectivity index (χ0n) is 20.7. The van der Waals surface area contributed by atoms with Crippen LogP contribution in [0.25, 0.3) is 0 Å². The Kier molecular flexibility index (Phi) is 5.89. The minimum atomic E-state index is -2.60. The Hall–Kier alpha value is -2.51. The Bertz CT molecular complexity index is 1210. The van der Waals surface area contributed by atoms with E-state index in [1.165, 1.54) is 15.9 Å². The van der Waals surface area contributed by atoms with Gasteiger partial charge in [-0.2, -0.15) is 0 Å². The van der Waals surface area contributed by atoms with Crippen molar-refractivity contribution < 1.29 is 4.43 Å². The minimum Gasteiger partial charge on any atom is -0.402 e. The maximum absolute atomic E-state index is 7.79. The topological polar surface area (TPSA) is 9.23 Å². The van der Waals surface area contributed by atoms with E-state index in [0.29, 0.717) is 0 Å². The molecule has 172 valence electrons. The van der Waals surface area contributed by atoms with E-state index in [-0.39, 0.29) is 5.60 Å². The van der Waals surface area contributed by atoms with Gasteiger partial charge in [0.05, 0.1) is 20.3 Å². The summed E-state index contributed by atoms with van der Waals surface area (Å²) < 4.78 is 7.79. The predicted molar refractivity (Wildman–Crippen MR) is 153 cm³/mol. The molecule has 1 aliphatic rings. The predicted octanol–water partition coefficient (Wildman–Crippen LogP) is 5.54. The lowest BCUT2D eigenvalue weighted by atomic mass is 9.98. The molecule has 1 aliphatic heterocycles. The van der Waals surface area contributed by atoms with Crippen molar-refractivity contribution in [3.05, 3.63) is 127 Å². The molecule has 2 unspecified atom stereocenters. The summed E-state index contributed by atoms with van der Waals surface area (Å²) in [6.45, 7) is 10.4. The largest absolute Gasteiger partial charge is 0.402 e. The lowest BCUT2D eigenvalue weighted by Crippen LogP contribution is -2.90. The van der Waals surface area contributed by atoms with Crippen LogP contribution in [0.2, 0.25) is 25.7 Å². The number of rotatable bonds is 4. The van der Waals surface area contributed by atoms with E-state index >= 15 is 0 Å². The average molecular weight is 495 g/mol. The molecule has 0 aliphatic carbocycles. The van der Waals surface area contributed by atoms with Gasteiger partial charge in [-0.15, -0.1) is 0 Å². The van der Waals surface area contributed by atoms with E-state index in [1.54, 1.807) is 5.19 Å². The van der Waals surface area contributed by atoms with Gasteiger partial charge < -0.3 is 4.43 Å². The van der Waals surface area contributed by atoms with Crippen LogP contribution < -0.4 is 15.6 Å². The van der Waals surface area contributed by atoms with E-state index in [2.05, 4.69) is 148 Å². The van der Waals surface area contributed by atoms with Gasteiger partial charge >= 0.3 is 0 Å². The van der Waals surface area contributed by atoms with Crippen LogP contribution in [0.5, 0.6) is 0 Å². The van der Waals surface area contributed by atoms with Gasteiger partial charge in [0.15, 0.2) is 0 Å². The van der Waals surface area contributed by atoms with Crippen molar-refractivity contribution in [3.63, 3.8) is 0 Å². The molecule has 5 rings (SSSR count). The fraction of sp³-hybridized carbons (Fsp3) is 0.200. The molecule has 1 nitrogen and oxygen atoms in total. The summed E-state index contributed by atoms with van der Waals surface area (Å²) in [6, 6.07) is 46.1. The number of hydrogen-bond donors (Lipinski definition) is 0. The molecule has 0 N–H and O–H groups in total. The van der Waals surface area contributed by atoms with Gasteiger partial charge in [-0.05, 0) is 28.9 Å². The Morgan fingerprint density at radius 3 is 1.38 bits per heavy atom. The molecule has 1 heterocycles. The molecule has 0 aromatic heterocycles. The highest BCUT2D eigenvalue weighted by atomic mass is 29.6. The average Bonchev–Trinajstić information content (AvgIpc) is 2.88. The van der Waals surface area contributed by atoms with Crippen molar-refractivity contribution in [3.8, 4) is 0 Å². The molecule has 0 radical (unpaired) electrons. The van der Waals surface area contributed by atoms with Crippen LogP contribution in [0, 0.1) is 0 Å². The summed E-state index contributed by atoms with van der Waals surface area (Å²) in [5.74, 6) is 0. The summed E-state index contributed by atoms with van der Waals surface area (Å²) in [6.07, 6.45) is 0. The van der Waals surface area contributed by atoms with Gasteiger partial charge in [-0.3, -0.25) is 0 Å². The second-order valence-corrected chi connectivity index (χ2v) is 34.6. The molecule has 2 atom stereocenters. The summed E-state index contributed by atoms with van der Waals surface area (Å²) in [5.41, 5.74) is 0.969. The monoisotopic (exact) mass is 494 g/mol. The van der Waals surface area contributed by atoms with Gasteiger partial charge in [-0.1, -0.05) is 146 Å².